The summed E-state index contributed by atoms with van der Waals surface area (Å²) < 4.78 is 5.17. The lowest BCUT2D eigenvalue weighted by atomic mass is 10.1. The first-order chi connectivity index (χ1) is 17.7. The number of rotatable bonds is 6. The van der Waals surface area contributed by atoms with Gasteiger partial charge in [-0.25, -0.2) is 9.91 Å². The van der Waals surface area contributed by atoms with Gasteiger partial charge in [0.15, 0.2) is 0 Å². The Morgan fingerprint density at radius 2 is 1.78 bits per heavy atom. The summed E-state index contributed by atoms with van der Waals surface area (Å²) in [5.74, 6) is -2.73. The number of amides is 4. The van der Waals surface area contributed by atoms with E-state index in [1.807, 2.05) is 0 Å². The summed E-state index contributed by atoms with van der Waals surface area (Å²) in [6, 6.07) is 16.5. The molecular weight excluding hydrogens is 480 g/mol. The van der Waals surface area contributed by atoms with Gasteiger partial charge in [-0.3, -0.25) is 34.7 Å². The van der Waals surface area contributed by atoms with Crippen LogP contribution in [0.4, 0.5) is 11.4 Å². The lowest BCUT2D eigenvalue weighted by molar-refractivity contribution is -0.385. The quantitative estimate of drug-likeness (QED) is 0.310. The number of carbonyl (C=O) groups excluding carboxylic acids is 4. The molecule has 0 bridgehead atoms. The molecule has 4 amide bonds. The van der Waals surface area contributed by atoms with Gasteiger partial charge in [0.25, 0.3) is 23.4 Å². The molecule has 3 aromatic rings. The molecule has 1 N–H and O–H groups in total. The number of benzene rings is 3. The first kappa shape index (κ1) is 25.0. The number of aryl methyl sites for hydroxylation is 1. The predicted octanol–water partition coefficient (Wildman–Crippen LogP) is 3.03. The second-order valence-electron chi connectivity index (χ2n) is 8.25. The van der Waals surface area contributed by atoms with E-state index in [-0.39, 0.29) is 16.8 Å². The highest BCUT2D eigenvalue weighted by Gasteiger charge is 2.46. The molecule has 188 valence electrons. The van der Waals surface area contributed by atoms with Crippen molar-refractivity contribution in [2.75, 3.05) is 12.0 Å². The van der Waals surface area contributed by atoms with E-state index >= 15 is 0 Å². The van der Waals surface area contributed by atoms with Gasteiger partial charge in [0.05, 0.1) is 24.1 Å². The lowest BCUT2D eigenvalue weighted by Gasteiger charge is -2.28. The monoisotopic (exact) mass is 502 g/mol. The van der Waals surface area contributed by atoms with Crippen molar-refractivity contribution in [1.29, 1.82) is 0 Å². The highest BCUT2D eigenvalue weighted by molar-refractivity contribution is 6.23. The van der Waals surface area contributed by atoms with E-state index < -0.39 is 46.7 Å². The van der Waals surface area contributed by atoms with Crippen LogP contribution in [0, 0.1) is 17.0 Å². The molecule has 3 aromatic carbocycles. The van der Waals surface area contributed by atoms with E-state index in [0.29, 0.717) is 10.8 Å². The molecular formula is C26H22N4O7. The van der Waals surface area contributed by atoms with E-state index in [0.717, 1.165) is 16.5 Å². The largest absolute Gasteiger partial charge is 0.497 e. The highest BCUT2D eigenvalue weighted by atomic mass is 16.6. The molecule has 11 heteroatoms. The number of methoxy groups -OCH3 is 1. The summed E-state index contributed by atoms with van der Waals surface area (Å²) in [6.07, 6.45) is -0.448. The molecule has 37 heavy (non-hydrogen) atoms. The van der Waals surface area contributed by atoms with Gasteiger partial charge in [-0.05, 0) is 37.3 Å². The number of anilines is 1. The van der Waals surface area contributed by atoms with Crippen LogP contribution in [0.3, 0.4) is 0 Å². The van der Waals surface area contributed by atoms with E-state index in [2.05, 4.69) is 5.43 Å². The molecule has 1 fully saturated rings. The highest BCUT2D eigenvalue weighted by Crippen LogP contribution is 2.29. The van der Waals surface area contributed by atoms with Crippen molar-refractivity contribution < 1.29 is 28.8 Å². The van der Waals surface area contributed by atoms with Crippen LogP contribution < -0.4 is 15.1 Å². The van der Waals surface area contributed by atoms with Crippen LogP contribution in [0.15, 0.2) is 72.8 Å². The van der Waals surface area contributed by atoms with Crippen molar-refractivity contribution in [3.8, 4) is 5.75 Å². The molecule has 1 atom stereocenters. The molecule has 1 aliphatic rings. The Morgan fingerprint density at radius 3 is 2.49 bits per heavy atom. The molecule has 11 nitrogen and oxygen atoms in total. The zero-order chi connectivity index (χ0) is 26.7. The van der Waals surface area contributed by atoms with Gasteiger partial charge in [0.2, 0.25) is 5.91 Å². The Labute approximate surface area is 211 Å². The molecule has 1 heterocycles. The number of hydrogen-bond acceptors (Lipinski definition) is 7. The van der Waals surface area contributed by atoms with Crippen LogP contribution in [0.1, 0.15) is 32.7 Å². The number of carbonyl (C=O) groups is 4. The van der Waals surface area contributed by atoms with Crippen LogP contribution in [-0.4, -0.2) is 46.7 Å². The van der Waals surface area contributed by atoms with Crippen LogP contribution in [0.25, 0.3) is 0 Å². The first-order valence-corrected chi connectivity index (χ1v) is 11.2. The standard InChI is InChI=1S/C26H22N4O7/c1-16-7-5-8-17(13-16)24(32)27-29(25(33)20-11-3-4-12-21(20)30(35)36)22-15-23(31)28(26(22)34)18-9-6-10-19(14-18)37-2/h3-14,22H,15H2,1-2H3,(H,27,32). The third-order valence-electron chi connectivity index (χ3n) is 5.80. The Balaban J connectivity index is 1.74. The minimum absolute atomic E-state index is 0.196. The Bertz CT molecular complexity index is 1420. The predicted molar refractivity (Wildman–Crippen MR) is 132 cm³/mol. The fourth-order valence-electron chi connectivity index (χ4n) is 4.01. The molecule has 1 aliphatic heterocycles. The minimum Gasteiger partial charge on any atom is -0.497 e. The summed E-state index contributed by atoms with van der Waals surface area (Å²) in [6.45, 7) is 1.78. The second-order valence-corrected chi connectivity index (χ2v) is 8.25. The van der Waals surface area contributed by atoms with Crippen molar-refractivity contribution in [2.24, 2.45) is 0 Å². The molecule has 0 spiro atoms. The van der Waals surface area contributed by atoms with Gasteiger partial charge in [-0.15, -0.1) is 0 Å². The molecule has 1 unspecified atom stereocenters. The minimum atomic E-state index is -1.44. The van der Waals surface area contributed by atoms with E-state index in [9.17, 15) is 29.3 Å². The SMILES string of the molecule is COc1cccc(N2C(=O)CC(N(NC(=O)c3cccc(C)c3)C(=O)c3ccccc3[N+](=O)[O-])C2=O)c1. The maximum absolute atomic E-state index is 13.6. The molecule has 0 aliphatic carbocycles. The van der Waals surface area contributed by atoms with Gasteiger partial charge in [0.1, 0.15) is 17.4 Å². The van der Waals surface area contributed by atoms with Crippen molar-refractivity contribution in [2.45, 2.75) is 19.4 Å². The molecule has 4 rings (SSSR count). The van der Waals surface area contributed by atoms with Crippen molar-refractivity contribution in [3.63, 3.8) is 0 Å². The number of nitro benzene ring substituents is 1. The van der Waals surface area contributed by atoms with Crippen LogP contribution >= 0.6 is 0 Å². The second kappa shape index (κ2) is 10.3. The topological polar surface area (TPSA) is 139 Å². The molecule has 0 saturated carbocycles. The number of hydrazine groups is 1. The zero-order valence-electron chi connectivity index (χ0n) is 19.9. The summed E-state index contributed by atoms with van der Waals surface area (Å²) in [7, 11) is 1.43. The summed E-state index contributed by atoms with van der Waals surface area (Å²) in [4.78, 5) is 64.8. The number of nitrogens with zero attached hydrogens (tertiary/aromatic N) is 3. The molecule has 1 saturated heterocycles. The van der Waals surface area contributed by atoms with Crippen molar-refractivity contribution in [3.05, 3.63) is 99.6 Å². The van der Waals surface area contributed by atoms with E-state index in [1.165, 1.54) is 43.5 Å². The number of hydrogen-bond donors (Lipinski definition) is 1. The van der Waals surface area contributed by atoms with Crippen LogP contribution in [0.5, 0.6) is 5.75 Å². The maximum Gasteiger partial charge on any atom is 0.282 e. The Kier molecular flexibility index (Phi) is 6.96. The van der Waals surface area contributed by atoms with Crippen molar-refractivity contribution >= 4 is 35.0 Å². The van der Waals surface area contributed by atoms with E-state index in [4.69, 9.17) is 4.74 Å². The van der Waals surface area contributed by atoms with Gasteiger partial charge in [-0.1, -0.05) is 35.9 Å². The smallest absolute Gasteiger partial charge is 0.282 e. The average Bonchev–Trinajstić information content (AvgIpc) is 3.19. The average molecular weight is 502 g/mol. The third-order valence-corrected chi connectivity index (χ3v) is 5.80. The lowest BCUT2D eigenvalue weighted by Crippen LogP contribution is -2.54. The fourth-order valence-corrected chi connectivity index (χ4v) is 4.01. The van der Waals surface area contributed by atoms with Gasteiger partial charge in [-0.2, -0.15) is 0 Å². The maximum atomic E-state index is 13.6. The normalized spacial score (nSPS) is 14.9. The number of ether oxygens (including phenoxy) is 1. The number of nitro groups is 1. The third kappa shape index (κ3) is 5.01. The summed E-state index contributed by atoms with van der Waals surface area (Å²) in [5, 5.41) is 12.3. The van der Waals surface area contributed by atoms with Gasteiger partial charge < -0.3 is 4.74 Å². The molecule has 0 aromatic heterocycles. The number of para-hydroxylation sites is 1. The summed E-state index contributed by atoms with van der Waals surface area (Å²) >= 11 is 0. The number of nitrogens with one attached hydrogen (secondary N) is 1. The van der Waals surface area contributed by atoms with Crippen LogP contribution in [-0.2, 0) is 9.59 Å². The van der Waals surface area contributed by atoms with Gasteiger partial charge >= 0.3 is 0 Å². The number of imide groups is 1. The van der Waals surface area contributed by atoms with E-state index in [1.54, 1.807) is 37.3 Å². The first-order valence-electron chi connectivity index (χ1n) is 11.2. The molecule has 0 radical (unpaired) electrons. The zero-order valence-corrected chi connectivity index (χ0v) is 19.9. The van der Waals surface area contributed by atoms with Crippen LogP contribution in [0.2, 0.25) is 0 Å². The Hall–Kier alpha value is -5.06. The fraction of sp³-hybridized carbons (Fsp3) is 0.154. The Morgan fingerprint density at radius 1 is 1.05 bits per heavy atom. The van der Waals surface area contributed by atoms with Crippen molar-refractivity contribution in [1.82, 2.24) is 10.4 Å². The van der Waals surface area contributed by atoms with Gasteiger partial charge in [0, 0.05) is 17.7 Å². The summed E-state index contributed by atoms with van der Waals surface area (Å²) in [5.41, 5.74) is 2.75.